The molecular formula is C15H18O2. The largest absolute Gasteiger partial charge is 0.461 e. The second-order valence-corrected chi connectivity index (χ2v) is 5.28. The van der Waals surface area contributed by atoms with Crippen LogP contribution in [0.25, 0.3) is 0 Å². The topological polar surface area (TPSA) is 26.3 Å². The van der Waals surface area contributed by atoms with E-state index in [1.165, 1.54) is 19.3 Å². The van der Waals surface area contributed by atoms with E-state index in [-0.39, 0.29) is 11.9 Å². The quantitative estimate of drug-likeness (QED) is 0.745. The van der Waals surface area contributed by atoms with Crippen LogP contribution in [0, 0.1) is 17.8 Å². The summed E-state index contributed by atoms with van der Waals surface area (Å²) < 4.78 is 5.43. The van der Waals surface area contributed by atoms with E-state index in [9.17, 15) is 4.79 Å². The maximum atomic E-state index is 12.0. The minimum absolute atomic E-state index is 0.0288. The van der Waals surface area contributed by atoms with Crippen molar-refractivity contribution in [3.63, 3.8) is 0 Å². The van der Waals surface area contributed by atoms with Gasteiger partial charge in [-0.15, -0.1) is 0 Å². The molecule has 0 spiro atoms. The zero-order valence-electron chi connectivity index (χ0n) is 9.97. The molecule has 0 N–H and O–H groups in total. The van der Waals surface area contributed by atoms with Crippen molar-refractivity contribution in [3.05, 3.63) is 35.9 Å². The normalized spacial score (nSPS) is 30.5. The lowest BCUT2D eigenvalue weighted by molar-refractivity contribution is -0.152. The molecular weight excluding hydrogens is 212 g/mol. The van der Waals surface area contributed by atoms with Crippen LogP contribution in [0.15, 0.2) is 30.3 Å². The van der Waals surface area contributed by atoms with Crippen LogP contribution in [-0.2, 0) is 16.1 Å². The number of benzene rings is 1. The monoisotopic (exact) mass is 230 g/mol. The van der Waals surface area contributed by atoms with Gasteiger partial charge in [-0.25, -0.2) is 0 Å². The molecule has 90 valence electrons. The number of carbonyl (C=O) groups is 1. The van der Waals surface area contributed by atoms with Gasteiger partial charge in [-0.2, -0.15) is 0 Å². The summed E-state index contributed by atoms with van der Waals surface area (Å²) in [5, 5.41) is 0. The van der Waals surface area contributed by atoms with Gasteiger partial charge in [0.15, 0.2) is 0 Å². The molecule has 0 amide bonds. The highest BCUT2D eigenvalue weighted by molar-refractivity contribution is 5.73. The first kappa shape index (κ1) is 10.8. The van der Waals surface area contributed by atoms with Crippen molar-refractivity contribution in [2.45, 2.75) is 32.3 Å². The van der Waals surface area contributed by atoms with Gasteiger partial charge < -0.3 is 4.74 Å². The average molecular weight is 230 g/mol. The molecule has 0 saturated heterocycles. The predicted molar refractivity (Wildman–Crippen MR) is 65.2 cm³/mol. The molecule has 0 radical (unpaired) electrons. The highest BCUT2D eigenvalue weighted by Crippen LogP contribution is 2.50. The molecule has 0 bridgehead atoms. The third kappa shape index (κ3) is 2.08. The molecule has 2 fully saturated rings. The van der Waals surface area contributed by atoms with Crippen molar-refractivity contribution in [1.29, 1.82) is 0 Å². The van der Waals surface area contributed by atoms with Crippen molar-refractivity contribution in [3.8, 4) is 0 Å². The van der Waals surface area contributed by atoms with E-state index in [2.05, 4.69) is 0 Å². The summed E-state index contributed by atoms with van der Waals surface area (Å²) >= 11 is 0. The number of esters is 1. The third-order valence-corrected chi connectivity index (χ3v) is 4.37. The Morgan fingerprint density at radius 2 is 1.88 bits per heavy atom. The van der Waals surface area contributed by atoms with E-state index >= 15 is 0 Å². The van der Waals surface area contributed by atoms with E-state index in [0.29, 0.717) is 12.5 Å². The van der Waals surface area contributed by atoms with Crippen LogP contribution in [0.3, 0.4) is 0 Å². The molecule has 2 aliphatic carbocycles. The first-order valence-corrected chi connectivity index (χ1v) is 6.55. The summed E-state index contributed by atoms with van der Waals surface area (Å²) in [7, 11) is 0. The number of carbonyl (C=O) groups excluding carboxylic acids is 1. The van der Waals surface area contributed by atoms with Crippen LogP contribution in [0.2, 0.25) is 0 Å². The number of hydrogen-bond acceptors (Lipinski definition) is 2. The standard InChI is InChI=1S/C15H18O2/c16-15(14-9-7-12-6-8-13(12)14)17-10-11-4-2-1-3-5-11/h1-5,12-14H,6-10H2. The van der Waals surface area contributed by atoms with Gasteiger partial charge in [0.05, 0.1) is 5.92 Å². The molecule has 1 aromatic rings. The Hall–Kier alpha value is -1.31. The van der Waals surface area contributed by atoms with Crippen LogP contribution in [0.1, 0.15) is 31.2 Å². The Bertz CT molecular complexity index is 399. The predicted octanol–water partition coefficient (Wildman–Crippen LogP) is 3.17. The Morgan fingerprint density at radius 1 is 1.12 bits per heavy atom. The molecule has 2 saturated carbocycles. The Morgan fingerprint density at radius 3 is 2.53 bits per heavy atom. The van der Waals surface area contributed by atoms with Crippen LogP contribution >= 0.6 is 0 Å². The molecule has 3 atom stereocenters. The maximum Gasteiger partial charge on any atom is 0.309 e. The van der Waals surface area contributed by atoms with Gasteiger partial charge in [-0.1, -0.05) is 30.3 Å². The number of fused-ring (bicyclic) bond motifs is 1. The van der Waals surface area contributed by atoms with Gasteiger partial charge in [-0.3, -0.25) is 4.79 Å². The van der Waals surface area contributed by atoms with Crippen LogP contribution in [0.4, 0.5) is 0 Å². The lowest BCUT2D eigenvalue weighted by Gasteiger charge is -2.33. The zero-order valence-corrected chi connectivity index (χ0v) is 9.97. The van der Waals surface area contributed by atoms with Gasteiger partial charge >= 0.3 is 5.97 Å². The zero-order chi connectivity index (χ0) is 11.7. The molecule has 2 heteroatoms. The van der Waals surface area contributed by atoms with Crippen molar-refractivity contribution < 1.29 is 9.53 Å². The third-order valence-electron chi connectivity index (χ3n) is 4.37. The SMILES string of the molecule is O=C(OCc1ccccc1)C1CCC2CCC21. The molecule has 3 unspecified atom stereocenters. The first-order chi connectivity index (χ1) is 8.34. The molecule has 0 heterocycles. The van der Waals surface area contributed by atoms with Crippen molar-refractivity contribution >= 4 is 5.97 Å². The van der Waals surface area contributed by atoms with Gasteiger partial charge in [0, 0.05) is 0 Å². The molecule has 2 aliphatic rings. The van der Waals surface area contributed by atoms with Gasteiger partial charge in [-0.05, 0) is 43.1 Å². The summed E-state index contributed by atoms with van der Waals surface area (Å²) in [5.41, 5.74) is 1.07. The molecule has 2 nitrogen and oxygen atoms in total. The first-order valence-electron chi connectivity index (χ1n) is 6.55. The number of hydrogen-bond donors (Lipinski definition) is 0. The summed E-state index contributed by atoms with van der Waals surface area (Å²) in [4.78, 5) is 12.0. The van der Waals surface area contributed by atoms with Crippen LogP contribution in [-0.4, -0.2) is 5.97 Å². The molecule has 17 heavy (non-hydrogen) atoms. The maximum absolute atomic E-state index is 12.0. The van der Waals surface area contributed by atoms with Gasteiger partial charge in [0.1, 0.15) is 6.61 Å². The van der Waals surface area contributed by atoms with E-state index in [4.69, 9.17) is 4.74 Å². The summed E-state index contributed by atoms with van der Waals surface area (Å²) in [5.74, 6) is 1.68. The fourth-order valence-electron chi connectivity index (χ4n) is 3.22. The van der Waals surface area contributed by atoms with Gasteiger partial charge in [0.25, 0.3) is 0 Å². The summed E-state index contributed by atoms with van der Waals surface area (Å²) in [6.07, 6.45) is 4.83. The Labute approximate surface area is 102 Å². The fraction of sp³-hybridized carbons (Fsp3) is 0.533. The summed E-state index contributed by atoms with van der Waals surface area (Å²) in [6.45, 7) is 0.424. The highest BCUT2D eigenvalue weighted by Gasteiger charge is 2.45. The highest BCUT2D eigenvalue weighted by atomic mass is 16.5. The Kier molecular flexibility index (Phi) is 2.87. The molecule has 0 aromatic heterocycles. The van der Waals surface area contributed by atoms with Crippen molar-refractivity contribution in [2.75, 3.05) is 0 Å². The second kappa shape index (κ2) is 4.52. The molecule has 0 aliphatic heterocycles. The lowest BCUT2D eigenvalue weighted by Crippen LogP contribution is -2.30. The van der Waals surface area contributed by atoms with Crippen LogP contribution < -0.4 is 0 Å². The minimum atomic E-state index is 0.0288. The van der Waals surface area contributed by atoms with E-state index < -0.39 is 0 Å². The minimum Gasteiger partial charge on any atom is -0.461 e. The average Bonchev–Trinajstić information content (AvgIpc) is 2.63. The lowest BCUT2D eigenvalue weighted by atomic mass is 9.73. The number of ether oxygens (including phenoxy) is 1. The molecule has 3 rings (SSSR count). The Balaban J connectivity index is 1.54. The van der Waals surface area contributed by atoms with E-state index in [0.717, 1.165) is 17.9 Å². The number of rotatable bonds is 3. The van der Waals surface area contributed by atoms with Crippen molar-refractivity contribution in [2.24, 2.45) is 17.8 Å². The summed E-state index contributed by atoms with van der Waals surface area (Å²) in [6, 6.07) is 9.91. The van der Waals surface area contributed by atoms with Gasteiger partial charge in [0.2, 0.25) is 0 Å². The van der Waals surface area contributed by atoms with Crippen LogP contribution in [0.5, 0.6) is 0 Å². The second-order valence-electron chi connectivity index (χ2n) is 5.28. The molecule has 1 aromatic carbocycles. The van der Waals surface area contributed by atoms with Crippen molar-refractivity contribution in [1.82, 2.24) is 0 Å². The fourth-order valence-corrected chi connectivity index (χ4v) is 3.22. The smallest absolute Gasteiger partial charge is 0.309 e. The van der Waals surface area contributed by atoms with E-state index in [1.54, 1.807) is 0 Å². The van der Waals surface area contributed by atoms with E-state index in [1.807, 2.05) is 30.3 Å².